The number of benzene rings is 1. The molecule has 0 fully saturated rings. The smallest absolute Gasteiger partial charge is 0.132 e. The maximum absolute atomic E-state index is 13.8. The summed E-state index contributed by atoms with van der Waals surface area (Å²) >= 11 is 0. The number of halogens is 2. The minimum atomic E-state index is -0.728. The number of aryl methyl sites for hydroxylation is 2. The molecule has 0 aliphatic heterocycles. The van der Waals surface area contributed by atoms with E-state index in [0.29, 0.717) is 0 Å². The summed E-state index contributed by atoms with van der Waals surface area (Å²) in [5.41, 5.74) is 2.29. The molecule has 2 aromatic rings. The van der Waals surface area contributed by atoms with Crippen molar-refractivity contribution in [3.05, 3.63) is 46.3 Å². The van der Waals surface area contributed by atoms with Crippen molar-refractivity contribution < 1.29 is 8.78 Å². The fourth-order valence-corrected chi connectivity index (χ4v) is 2.04. The van der Waals surface area contributed by atoms with Crippen molar-refractivity contribution >= 4 is 5.69 Å². The molecule has 0 aliphatic rings. The van der Waals surface area contributed by atoms with Crippen LogP contribution in [-0.2, 0) is 13.6 Å². The SMILES string of the molecule is Cc1nn(C)c(C)c1NCc1c(F)cc(C#N)cc1F. The minimum Gasteiger partial charge on any atom is -0.378 e. The van der Waals surface area contributed by atoms with Crippen LogP contribution in [0.25, 0.3) is 0 Å². The lowest BCUT2D eigenvalue weighted by atomic mass is 10.1. The van der Waals surface area contributed by atoms with Crippen LogP contribution in [0.15, 0.2) is 12.1 Å². The third-order valence-corrected chi connectivity index (χ3v) is 3.22. The Hall–Kier alpha value is -2.42. The van der Waals surface area contributed by atoms with Gasteiger partial charge in [0.1, 0.15) is 11.6 Å². The summed E-state index contributed by atoms with van der Waals surface area (Å²) in [7, 11) is 1.80. The number of nitrogens with zero attached hydrogens (tertiary/aromatic N) is 3. The minimum absolute atomic E-state index is 0.00323. The van der Waals surface area contributed by atoms with Crippen LogP contribution in [0.2, 0.25) is 0 Å². The van der Waals surface area contributed by atoms with Crippen LogP contribution in [0.4, 0.5) is 14.5 Å². The lowest BCUT2D eigenvalue weighted by Crippen LogP contribution is -2.06. The summed E-state index contributed by atoms with van der Waals surface area (Å²) in [5, 5.41) is 15.9. The zero-order valence-corrected chi connectivity index (χ0v) is 11.5. The highest BCUT2D eigenvalue weighted by molar-refractivity contribution is 5.52. The Balaban J connectivity index is 2.26. The van der Waals surface area contributed by atoms with Crippen molar-refractivity contribution in [1.29, 1.82) is 5.26 Å². The highest BCUT2D eigenvalue weighted by Gasteiger charge is 2.14. The van der Waals surface area contributed by atoms with E-state index in [1.165, 1.54) is 0 Å². The van der Waals surface area contributed by atoms with Crippen LogP contribution in [-0.4, -0.2) is 9.78 Å². The van der Waals surface area contributed by atoms with Gasteiger partial charge in [0.25, 0.3) is 0 Å². The third kappa shape index (κ3) is 2.48. The van der Waals surface area contributed by atoms with Crippen LogP contribution in [0.1, 0.15) is 22.5 Å². The second-order valence-corrected chi connectivity index (χ2v) is 4.55. The van der Waals surface area contributed by atoms with Gasteiger partial charge in [-0.1, -0.05) is 0 Å². The average molecular weight is 276 g/mol. The van der Waals surface area contributed by atoms with Crippen LogP contribution < -0.4 is 5.32 Å². The quantitative estimate of drug-likeness (QED) is 0.937. The monoisotopic (exact) mass is 276 g/mol. The first-order valence-electron chi connectivity index (χ1n) is 6.06. The van der Waals surface area contributed by atoms with Gasteiger partial charge in [-0.25, -0.2) is 8.78 Å². The molecule has 0 atom stereocenters. The molecule has 1 aromatic heterocycles. The van der Waals surface area contributed by atoms with Crippen molar-refractivity contribution in [2.75, 3.05) is 5.32 Å². The van der Waals surface area contributed by atoms with Gasteiger partial charge in [-0.15, -0.1) is 0 Å². The number of nitrogens with one attached hydrogen (secondary N) is 1. The van der Waals surface area contributed by atoms with Gasteiger partial charge in [0, 0.05) is 19.2 Å². The summed E-state index contributed by atoms with van der Waals surface area (Å²) in [6.07, 6.45) is 0. The van der Waals surface area contributed by atoms with Crippen molar-refractivity contribution in [3.63, 3.8) is 0 Å². The highest BCUT2D eigenvalue weighted by Crippen LogP contribution is 2.21. The maximum Gasteiger partial charge on any atom is 0.132 e. The van der Waals surface area contributed by atoms with Crippen LogP contribution in [0, 0.1) is 36.8 Å². The van der Waals surface area contributed by atoms with Crippen molar-refractivity contribution in [2.24, 2.45) is 7.05 Å². The topological polar surface area (TPSA) is 53.6 Å². The Morgan fingerprint density at radius 2 is 1.90 bits per heavy atom. The molecule has 0 unspecified atom stereocenters. The molecular weight excluding hydrogens is 262 g/mol. The molecular formula is C14H14F2N4. The van der Waals surface area contributed by atoms with Gasteiger partial charge < -0.3 is 5.32 Å². The first-order valence-corrected chi connectivity index (χ1v) is 6.06. The zero-order valence-electron chi connectivity index (χ0n) is 11.5. The Kier molecular flexibility index (Phi) is 3.70. The highest BCUT2D eigenvalue weighted by atomic mass is 19.1. The molecule has 0 radical (unpaired) electrons. The first-order chi connectivity index (χ1) is 9.43. The standard InChI is InChI=1S/C14H14F2N4/c1-8-14(9(2)20(3)19-8)18-7-11-12(15)4-10(6-17)5-13(11)16/h4-5,18H,7H2,1-3H3. The van der Waals surface area contributed by atoms with Crippen molar-refractivity contribution in [3.8, 4) is 6.07 Å². The van der Waals surface area contributed by atoms with Crippen molar-refractivity contribution in [2.45, 2.75) is 20.4 Å². The Bertz CT molecular complexity index is 675. The molecule has 1 N–H and O–H groups in total. The number of nitriles is 1. The molecule has 0 bridgehead atoms. The fraction of sp³-hybridized carbons (Fsp3) is 0.286. The van der Waals surface area contributed by atoms with Crippen LogP contribution in [0.3, 0.4) is 0 Å². The predicted octanol–water partition coefficient (Wildman–Crippen LogP) is 2.80. The summed E-state index contributed by atoms with van der Waals surface area (Å²) in [4.78, 5) is 0. The first kappa shape index (κ1) is 14.0. The Morgan fingerprint density at radius 1 is 1.30 bits per heavy atom. The van der Waals surface area contributed by atoms with Gasteiger partial charge in [0.05, 0.1) is 28.7 Å². The molecule has 0 spiro atoms. The van der Waals surface area contributed by atoms with E-state index in [1.807, 2.05) is 13.8 Å². The van der Waals surface area contributed by atoms with Gasteiger partial charge >= 0.3 is 0 Å². The Morgan fingerprint density at radius 3 is 2.35 bits per heavy atom. The van der Waals surface area contributed by atoms with E-state index in [4.69, 9.17) is 5.26 Å². The molecule has 6 heteroatoms. The molecule has 0 saturated heterocycles. The molecule has 20 heavy (non-hydrogen) atoms. The molecule has 104 valence electrons. The van der Waals surface area contributed by atoms with Gasteiger partial charge in [-0.05, 0) is 26.0 Å². The van der Waals surface area contributed by atoms with Crippen LogP contribution >= 0.6 is 0 Å². The number of aromatic nitrogens is 2. The predicted molar refractivity (Wildman–Crippen MR) is 71.1 cm³/mol. The maximum atomic E-state index is 13.8. The van der Waals surface area contributed by atoms with Gasteiger partial charge in [0.2, 0.25) is 0 Å². The lowest BCUT2D eigenvalue weighted by Gasteiger charge is -2.09. The molecule has 2 rings (SSSR count). The molecule has 4 nitrogen and oxygen atoms in total. The summed E-state index contributed by atoms with van der Waals surface area (Å²) in [6, 6.07) is 3.78. The molecule has 1 heterocycles. The van der Waals surface area contributed by atoms with E-state index in [-0.39, 0.29) is 17.7 Å². The van der Waals surface area contributed by atoms with Crippen LogP contribution in [0.5, 0.6) is 0 Å². The van der Waals surface area contributed by atoms with E-state index in [1.54, 1.807) is 17.8 Å². The zero-order chi connectivity index (χ0) is 14.9. The normalized spacial score (nSPS) is 10.4. The number of rotatable bonds is 3. The summed E-state index contributed by atoms with van der Waals surface area (Å²) in [6.45, 7) is 3.69. The largest absolute Gasteiger partial charge is 0.378 e. The summed E-state index contributed by atoms with van der Waals surface area (Å²) < 4.78 is 29.2. The molecule has 0 amide bonds. The van der Waals surface area contributed by atoms with E-state index in [0.717, 1.165) is 29.2 Å². The third-order valence-electron chi connectivity index (χ3n) is 3.22. The van der Waals surface area contributed by atoms with Crippen molar-refractivity contribution in [1.82, 2.24) is 9.78 Å². The van der Waals surface area contributed by atoms with E-state index < -0.39 is 11.6 Å². The molecule has 1 aromatic carbocycles. The fourth-order valence-electron chi connectivity index (χ4n) is 2.04. The lowest BCUT2D eigenvalue weighted by molar-refractivity contribution is 0.559. The number of anilines is 1. The second-order valence-electron chi connectivity index (χ2n) is 4.55. The van der Waals surface area contributed by atoms with Gasteiger partial charge in [-0.2, -0.15) is 10.4 Å². The van der Waals surface area contributed by atoms with E-state index in [9.17, 15) is 8.78 Å². The van der Waals surface area contributed by atoms with E-state index >= 15 is 0 Å². The average Bonchev–Trinajstić information content (AvgIpc) is 2.63. The number of hydrogen-bond donors (Lipinski definition) is 1. The molecule has 0 aliphatic carbocycles. The number of hydrogen-bond acceptors (Lipinski definition) is 3. The second kappa shape index (κ2) is 5.29. The summed E-state index contributed by atoms with van der Waals surface area (Å²) in [5.74, 6) is -1.46. The van der Waals surface area contributed by atoms with E-state index in [2.05, 4.69) is 10.4 Å². The van der Waals surface area contributed by atoms with Gasteiger partial charge in [-0.3, -0.25) is 4.68 Å². The molecule has 0 saturated carbocycles. The Labute approximate surface area is 115 Å². The van der Waals surface area contributed by atoms with Gasteiger partial charge in [0.15, 0.2) is 0 Å².